The number of methoxy groups -OCH3 is 1. The van der Waals surface area contributed by atoms with Crippen LogP contribution in [0, 0.1) is 0 Å². The molecule has 1 atom stereocenters. The van der Waals surface area contributed by atoms with E-state index in [4.69, 9.17) is 4.74 Å². The van der Waals surface area contributed by atoms with Crippen LogP contribution in [0.25, 0.3) is 0 Å². The molecule has 0 amide bonds. The lowest BCUT2D eigenvalue weighted by Crippen LogP contribution is -2.38. The Hall–Kier alpha value is -0.120. The third-order valence-corrected chi connectivity index (χ3v) is 2.40. The molecule has 0 rings (SSSR count). The van der Waals surface area contributed by atoms with E-state index < -0.39 is 0 Å². The van der Waals surface area contributed by atoms with Crippen molar-refractivity contribution in [2.24, 2.45) is 0 Å². The van der Waals surface area contributed by atoms with Crippen LogP contribution in [0.4, 0.5) is 0 Å². The Balaban J connectivity index is 3.60. The van der Waals surface area contributed by atoms with Crippen LogP contribution in [-0.4, -0.2) is 50.8 Å². The monoisotopic (exact) mass is 202 g/mol. The second kappa shape index (κ2) is 6.38. The first kappa shape index (κ1) is 13.9. The van der Waals surface area contributed by atoms with E-state index in [-0.39, 0.29) is 5.60 Å². The third-order valence-electron chi connectivity index (χ3n) is 2.40. The molecule has 86 valence electrons. The number of hydrogen-bond acceptors (Lipinski definition) is 3. The number of rotatable bonds is 7. The number of nitrogens with zero attached hydrogens (tertiary/aromatic N) is 1. The fourth-order valence-electron chi connectivity index (χ4n) is 1.43. The molecule has 0 aromatic rings. The Bertz CT molecular complexity index is 146. The number of hydrogen-bond donors (Lipinski definition) is 1. The summed E-state index contributed by atoms with van der Waals surface area (Å²) in [6.45, 7) is 8.57. The Morgan fingerprint density at radius 1 is 1.36 bits per heavy atom. The Morgan fingerprint density at radius 2 is 1.93 bits per heavy atom. The molecule has 0 aliphatic carbocycles. The van der Waals surface area contributed by atoms with Gasteiger partial charge in [0.25, 0.3) is 0 Å². The summed E-state index contributed by atoms with van der Waals surface area (Å²) in [5.74, 6) is 0. The van der Waals surface area contributed by atoms with E-state index >= 15 is 0 Å². The molecule has 0 fully saturated rings. The zero-order chi connectivity index (χ0) is 11.2. The highest BCUT2D eigenvalue weighted by atomic mass is 16.5. The summed E-state index contributed by atoms with van der Waals surface area (Å²) in [5, 5.41) is 3.48. The standard InChI is InChI=1S/C11H26N2O/c1-10(9-11(2,3)14-6)12-7-8-13(4)5/h10,12H,7-9H2,1-6H3. The molecule has 0 radical (unpaired) electrons. The van der Waals surface area contributed by atoms with Crippen LogP contribution >= 0.6 is 0 Å². The lowest BCUT2D eigenvalue weighted by Gasteiger charge is -2.27. The molecular formula is C11H26N2O. The summed E-state index contributed by atoms with van der Waals surface area (Å²) >= 11 is 0. The first-order valence-corrected chi connectivity index (χ1v) is 5.30. The molecular weight excluding hydrogens is 176 g/mol. The molecule has 0 heterocycles. The van der Waals surface area contributed by atoms with Crippen molar-refractivity contribution in [1.29, 1.82) is 0 Å². The van der Waals surface area contributed by atoms with E-state index in [1.54, 1.807) is 7.11 Å². The fourth-order valence-corrected chi connectivity index (χ4v) is 1.43. The van der Waals surface area contributed by atoms with Crippen LogP contribution in [0.15, 0.2) is 0 Å². The van der Waals surface area contributed by atoms with E-state index in [1.807, 2.05) is 0 Å². The van der Waals surface area contributed by atoms with Crippen molar-refractivity contribution in [2.75, 3.05) is 34.3 Å². The van der Waals surface area contributed by atoms with Gasteiger partial charge in [-0.15, -0.1) is 0 Å². The van der Waals surface area contributed by atoms with E-state index in [0.29, 0.717) is 6.04 Å². The maximum absolute atomic E-state index is 5.39. The second-order valence-corrected chi connectivity index (χ2v) is 4.83. The van der Waals surface area contributed by atoms with Crippen LogP contribution in [0.2, 0.25) is 0 Å². The first-order chi connectivity index (χ1) is 6.37. The Morgan fingerprint density at radius 3 is 2.36 bits per heavy atom. The summed E-state index contributed by atoms with van der Waals surface area (Å²) < 4.78 is 5.39. The van der Waals surface area contributed by atoms with Gasteiger partial charge in [0.1, 0.15) is 0 Å². The SMILES string of the molecule is COC(C)(C)CC(C)NCCN(C)C. The van der Waals surface area contributed by atoms with Gasteiger partial charge in [-0.1, -0.05) is 0 Å². The molecule has 1 unspecified atom stereocenters. The summed E-state index contributed by atoms with van der Waals surface area (Å²) in [6, 6.07) is 0.505. The Kier molecular flexibility index (Phi) is 6.33. The van der Waals surface area contributed by atoms with Gasteiger partial charge in [0.15, 0.2) is 0 Å². The molecule has 3 heteroatoms. The van der Waals surface area contributed by atoms with E-state index in [2.05, 4.69) is 45.1 Å². The molecule has 0 bridgehead atoms. The van der Waals surface area contributed by atoms with Crippen molar-refractivity contribution in [3.63, 3.8) is 0 Å². The van der Waals surface area contributed by atoms with Crippen LogP contribution in [0.5, 0.6) is 0 Å². The van der Waals surface area contributed by atoms with Gasteiger partial charge in [-0.2, -0.15) is 0 Å². The molecule has 0 aromatic heterocycles. The molecule has 0 aromatic carbocycles. The summed E-state index contributed by atoms with van der Waals surface area (Å²) in [4.78, 5) is 2.18. The minimum absolute atomic E-state index is 0.0233. The summed E-state index contributed by atoms with van der Waals surface area (Å²) in [7, 11) is 5.95. The Labute approximate surface area is 88.8 Å². The summed E-state index contributed by atoms with van der Waals surface area (Å²) in [6.07, 6.45) is 1.04. The molecule has 0 aliphatic heterocycles. The average Bonchev–Trinajstić information content (AvgIpc) is 2.02. The fraction of sp³-hybridized carbons (Fsp3) is 1.00. The quantitative estimate of drug-likeness (QED) is 0.674. The number of nitrogens with one attached hydrogen (secondary N) is 1. The predicted octanol–water partition coefficient (Wildman–Crippen LogP) is 1.34. The van der Waals surface area contributed by atoms with Gasteiger partial charge in [-0.25, -0.2) is 0 Å². The van der Waals surface area contributed by atoms with Crippen molar-refractivity contribution < 1.29 is 4.74 Å². The molecule has 0 aliphatic rings. The van der Waals surface area contributed by atoms with Gasteiger partial charge in [0.2, 0.25) is 0 Å². The minimum Gasteiger partial charge on any atom is -0.379 e. The molecule has 0 saturated carbocycles. The highest BCUT2D eigenvalue weighted by Crippen LogP contribution is 2.14. The van der Waals surface area contributed by atoms with Crippen LogP contribution in [0.3, 0.4) is 0 Å². The zero-order valence-electron chi connectivity index (χ0n) is 10.6. The topological polar surface area (TPSA) is 24.5 Å². The van der Waals surface area contributed by atoms with Gasteiger partial charge in [-0.3, -0.25) is 0 Å². The molecule has 1 N–H and O–H groups in total. The van der Waals surface area contributed by atoms with Crippen molar-refractivity contribution in [3.05, 3.63) is 0 Å². The first-order valence-electron chi connectivity index (χ1n) is 5.30. The van der Waals surface area contributed by atoms with Gasteiger partial charge in [-0.05, 0) is 41.3 Å². The number of likely N-dealkylation sites (N-methyl/N-ethyl adjacent to an activating group) is 1. The maximum Gasteiger partial charge on any atom is 0.0637 e. The van der Waals surface area contributed by atoms with Gasteiger partial charge in [0.05, 0.1) is 5.60 Å². The van der Waals surface area contributed by atoms with E-state index in [1.165, 1.54) is 0 Å². The molecule has 0 spiro atoms. The average molecular weight is 202 g/mol. The maximum atomic E-state index is 5.39. The number of ether oxygens (including phenoxy) is 1. The van der Waals surface area contributed by atoms with Gasteiger partial charge >= 0.3 is 0 Å². The van der Waals surface area contributed by atoms with Crippen LogP contribution < -0.4 is 5.32 Å². The van der Waals surface area contributed by atoms with Crippen molar-refractivity contribution >= 4 is 0 Å². The predicted molar refractivity (Wildman–Crippen MR) is 61.7 cm³/mol. The zero-order valence-corrected chi connectivity index (χ0v) is 10.6. The lowest BCUT2D eigenvalue weighted by molar-refractivity contribution is 0.00853. The summed E-state index contributed by atoms with van der Waals surface area (Å²) in [5.41, 5.74) is -0.0233. The minimum atomic E-state index is -0.0233. The highest BCUT2D eigenvalue weighted by Gasteiger charge is 2.19. The highest BCUT2D eigenvalue weighted by molar-refractivity contribution is 4.75. The van der Waals surface area contributed by atoms with Crippen molar-refractivity contribution in [1.82, 2.24) is 10.2 Å². The van der Waals surface area contributed by atoms with Gasteiger partial charge in [0, 0.05) is 26.2 Å². The smallest absolute Gasteiger partial charge is 0.0637 e. The molecule has 0 saturated heterocycles. The largest absolute Gasteiger partial charge is 0.379 e. The van der Waals surface area contributed by atoms with E-state index in [0.717, 1.165) is 19.5 Å². The lowest BCUT2D eigenvalue weighted by atomic mass is 10.00. The molecule has 14 heavy (non-hydrogen) atoms. The van der Waals surface area contributed by atoms with E-state index in [9.17, 15) is 0 Å². The normalized spacial score (nSPS) is 14.8. The van der Waals surface area contributed by atoms with Crippen LogP contribution in [0.1, 0.15) is 27.2 Å². The molecule has 3 nitrogen and oxygen atoms in total. The van der Waals surface area contributed by atoms with Crippen molar-refractivity contribution in [3.8, 4) is 0 Å². The van der Waals surface area contributed by atoms with Crippen LogP contribution in [-0.2, 0) is 4.74 Å². The third kappa shape index (κ3) is 7.30. The van der Waals surface area contributed by atoms with Gasteiger partial charge < -0.3 is 15.0 Å². The second-order valence-electron chi connectivity index (χ2n) is 4.83. The van der Waals surface area contributed by atoms with Crippen molar-refractivity contribution in [2.45, 2.75) is 38.8 Å².